The molecule has 136 valence electrons. The summed E-state index contributed by atoms with van der Waals surface area (Å²) >= 11 is 0. The van der Waals surface area contributed by atoms with Crippen LogP contribution in [0.1, 0.15) is 34.5 Å². The second-order valence-electron chi connectivity index (χ2n) is 6.35. The molecule has 0 unspecified atom stereocenters. The van der Waals surface area contributed by atoms with E-state index in [1.165, 1.54) is 12.7 Å². The highest BCUT2D eigenvalue weighted by atomic mass is 32.2. The molecule has 1 aromatic carbocycles. The Labute approximate surface area is 146 Å². The first-order valence-corrected chi connectivity index (χ1v) is 9.87. The Kier molecular flexibility index (Phi) is 5.12. The second kappa shape index (κ2) is 7.15. The topological polar surface area (TPSA) is 99.7 Å². The number of unbranched alkanes of at least 4 members (excludes halogenated alkanes) is 1. The standard InChI is InChI=1S/C17H22N2O5S/c1-24-17(20)12-4-5-15-14(10-12)13-6-8-19(11-16(13)18-15)7-2-3-9-25(21,22)23/h4-5,10,18H,2-3,6-9,11H2,1H3,(H,21,22,23). The number of aromatic nitrogens is 1. The molecular formula is C17H22N2O5S. The lowest BCUT2D eigenvalue weighted by atomic mass is 10.0. The number of fused-ring (bicyclic) bond motifs is 3. The fourth-order valence-corrected chi connectivity index (χ4v) is 3.92. The van der Waals surface area contributed by atoms with Crippen molar-refractivity contribution in [2.24, 2.45) is 0 Å². The van der Waals surface area contributed by atoms with Gasteiger partial charge in [0.25, 0.3) is 10.1 Å². The van der Waals surface area contributed by atoms with Crippen molar-refractivity contribution in [3.05, 3.63) is 35.0 Å². The zero-order chi connectivity index (χ0) is 18.0. The Morgan fingerprint density at radius 3 is 2.88 bits per heavy atom. The Bertz CT molecular complexity index is 888. The van der Waals surface area contributed by atoms with E-state index in [9.17, 15) is 13.2 Å². The van der Waals surface area contributed by atoms with Crippen LogP contribution in [0, 0.1) is 0 Å². The Balaban J connectivity index is 1.68. The van der Waals surface area contributed by atoms with Gasteiger partial charge >= 0.3 is 5.97 Å². The summed E-state index contributed by atoms with van der Waals surface area (Å²) in [6, 6.07) is 5.53. The van der Waals surface area contributed by atoms with Gasteiger partial charge in [0, 0.05) is 29.7 Å². The number of rotatable bonds is 6. The van der Waals surface area contributed by atoms with Crippen LogP contribution in [0.4, 0.5) is 0 Å². The lowest BCUT2D eigenvalue weighted by Crippen LogP contribution is -2.31. The third-order valence-electron chi connectivity index (χ3n) is 4.60. The minimum Gasteiger partial charge on any atom is -0.465 e. The van der Waals surface area contributed by atoms with Gasteiger partial charge in [-0.15, -0.1) is 0 Å². The molecule has 0 saturated carbocycles. The molecule has 25 heavy (non-hydrogen) atoms. The van der Waals surface area contributed by atoms with E-state index in [-0.39, 0.29) is 11.7 Å². The molecule has 0 radical (unpaired) electrons. The van der Waals surface area contributed by atoms with Crippen molar-refractivity contribution in [1.82, 2.24) is 9.88 Å². The average molecular weight is 366 g/mol. The largest absolute Gasteiger partial charge is 0.465 e. The number of methoxy groups -OCH3 is 1. The molecule has 3 rings (SSSR count). The first-order chi connectivity index (χ1) is 11.9. The van der Waals surface area contributed by atoms with Crippen LogP contribution in [0.15, 0.2) is 18.2 Å². The van der Waals surface area contributed by atoms with Gasteiger partial charge in [0.15, 0.2) is 0 Å². The number of ether oxygens (including phenoxy) is 1. The molecule has 0 saturated heterocycles. The molecular weight excluding hydrogens is 344 g/mol. The summed E-state index contributed by atoms with van der Waals surface area (Å²) < 4.78 is 35.0. The number of H-pyrrole nitrogens is 1. The monoisotopic (exact) mass is 366 g/mol. The molecule has 0 bridgehead atoms. The fourth-order valence-electron chi connectivity index (χ4n) is 3.35. The van der Waals surface area contributed by atoms with E-state index in [2.05, 4.69) is 9.88 Å². The Morgan fingerprint density at radius 1 is 1.36 bits per heavy atom. The number of hydrogen-bond acceptors (Lipinski definition) is 5. The molecule has 1 aliphatic rings. The lowest BCUT2D eigenvalue weighted by Gasteiger charge is -2.26. The van der Waals surface area contributed by atoms with Gasteiger partial charge in [-0.25, -0.2) is 4.79 Å². The molecule has 2 aromatic rings. The number of benzene rings is 1. The highest BCUT2D eigenvalue weighted by Gasteiger charge is 2.21. The van der Waals surface area contributed by atoms with E-state index in [0.717, 1.165) is 49.1 Å². The van der Waals surface area contributed by atoms with Crippen molar-refractivity contribution in [2.45, 2.75) is 25.8 Å². The molecule has 0 fully saturated rings. The first-order valence-electron chi connectivity index (χ1n) is 8.26. The van der Waals surface area contributed by atoms with E-state index in [1.54, 1.807) is 6.07 Å². The maximum Gasteiger partial charge on any atom is 0.337 e. The van der Waals surface area contributed by atoms with Crippen LogP contribution in [0.5, 0.6) is 0 Å². The fraction of sp³-hybridized carbons (Fsp3) is 0.471. The van der Waals surface area contributed by atoms with E-state index in [0.29, 0.717) is 12.0 Å². The highest BCUT2D eigenvalue weighted by molar-refractivity contribution is 7.85. The van der Waals surface area contributed by atoms with E-state index >= 15 is 0 Å². The summed E-state index contributed by atoms with van der Waals surface area (Å²) in [6.45, 7) is 2.44. The normalized spacial score (nSPS) is 15.3. The molecule has 2 N–H and O–H groups in total. The van der Waals surface area contributed by atoms with E-state index < -0.39 is 10.1 Å². The lowest BCUT2D eigenvalue weighted by molar-refractivity contribution is 0.0601. The van der Waals surface area contributed by atoms with Crippen LogP contribution in [0.2, 0.25) is 0 Å². The Hall–Kier alpha value is -1.90. The van der Waals surface area contributed by atoms with Gasteiger partial charge in [0.2, 0.25) is 0 Å². The predicted octanol–water partition coefficient (Wildman–Crippen LogP) is 1.98. The van der Waals surface area contributed by atoms with Crippen LogP contribution in [-0.2, 0) is 27.8 Å². The maximum absolute atomic E-state index is 11.7. The molecule has 0 aliphatic carbocycles. The number of esters is 1. The summed E-state index contributed by atoms with van der Waals surface area (Å²) in [4.78, 5) is 17.4. The van der Waals surface area contributed by atoms with Gasteiger partial charge in [-0.2, -0.15) is 8.42 Å². The zero-order valence-corrected chi connectivity index (χ0v) is 14.9. The summed E-state index contributed by atoms with van der Waals surface area (Å²) in [5.74, 6) is -0.525. The summed E-state index contributed by atoms with van der Waals surface area (Å²) in [6.07, 6.45) is 2.05. The van der Waals surface area contributed by atoms with Gasteiger partial charge in [0.05, 0.1) is 18.4 Å². The highest BCUT2D eigenvalue weighted by Crippen LogP contribution is 2.28. The number of hydrogen-bond donors (Lipinski definition) is 2. The summed E-state index contributed by atoms with van der Waals surface area (Å²) in [5, 5.41) is 1.06. The molecule has 0 atom stereocenters. The number of aromatic amines is 1. The van der Waals surface area contributed by atoms with E-state index in [1.807, 2.05) is 12.1 Å². The summed E-state index contributed by atoms with van der Waals surface area (Å²) in [5.41, 5.74) is 3.92. The molecule has 0 spiro atoms. The predicted molar refractivity (Wildman–Crippen MR) is 94.3 cm³/mol. The SMILES string of the molecule is COC(=O)c1ccc2[nH]c3c(c2c1)CCN(CCCCS(=O)(=O)O)C3. The number of carbonyl (C=O) groups is 1. The van der Waals surface area contributed by atoms with Crippen LogP contribution < -0.4 is 0 Å². The summed E-state index contributed by atoms with van der Waals surface area (Å²) in [7, 11) is -2.49. The molecule has 2 heterocycles. The van der Waals surface area contributed by atoms with Crippen LogP contribution in [0.25, 0.3) is 10.9 Å². The van der Waals surface area contributed by atoms with Crippen LogP contribution in [-0.4, -0.2) is 54.8 Å². The molecule has 1 aliphatic heterocycles. The van der Waals surface area contributed by atoms with E-state index in [4.69, 9.17) is 9.29 Å². The Morgan fingerprint density at radius 2 is 2.16 bits per heavy atom. The van der Waals surface area contributed by atoms with Gasteiger partial charge in [-0.05, 0) is 49.6 Å². The number of nitrogens with zero attached hydrogens (tertiary/aromatic N) is 1. The molecule has 0 amide bonds. The minimum atomic E-state index is -3.87. The first kappa shape index (κ1) is 17.9. The van der Waals surface area contributed by atoms with Gasteiger partial charge < -0.3 is 9.72 Å². The van der Waals surface area contributed by atoms with Crippen molar-refractivity contribution < 1.29 is 22.5 Å². The van der Waals surface area contributed by atoms with Crippen molar-refractivity contribution >= 4 is 27.0 Å². The zero-order valence-electron chi connectivity index (χ0n) is 14.1. The van der Waals surface area contributed by atoms with Crippen molar-refractivity contribution in [3.8, 4) is 0 Å². The molecule has 7 nitrogen and oxygen atoms in total. The third kappa shape index (κ3) is 4.20. The van der Waals surface area contributed by atoms with Crippen molar-refractivity contribution in [1.29, 1.82) is 0 Å². The quantitative estimate of drug-likeness (QED) is 0.461. The number of carbonyl (C=O) groups excluding carboxylic acids is 1. The van der Waals surface area contributed by atoms with Crippen molar-refractivity contribution in [3.63, 3.8) is 0 Å². The molecule has 1 aromatic heterocycles. The average Bonchev–Trinajstić information content (AvgIpc) is 2.94. The maximum atomic E-state index is 11.7. The minimum absolute atomic E-state index is 0.186. The second-order valence-corrected chi connectivity index (χ2v) is 7.93. The van der Waals surface area contributed by atoms with Crippen LogP contribution in [0.3, 0.4) is 0 Å². The third-order valence-corrected chi connectivity index (χ3v) is 5.41. The molecule has 8 heteroatoms. The van der Waals surface area contributed by atoms with Crippen LogP contribution >= 0.6 is 0 Å². The smallest absolute Gasteiger partial charge is 0.337 e. The number of nitrogens with one attached hydrogen (secondary N) is 1. The van der Waals surface area contributed by atoms with Gasteiger partial charge in [0.1, 0.15) is 0 Å². The van der Waals surface area contributed by atoms with Gasteiger partial charge in [-0.3, -0.25) is 9.45 Å². The van der Waals surface area contributed by atoms with Gasteiger partial charge in [-0.1, -0.05) is 0 Å². The van der Waals surface area contributed by atoms with Crippen molar-refractivity contribution in [2.75, 3.05) is 26.0 Å².